The van der Waals surface area contributed by atoms with Crippen LogP contribution in [0.2, 0.25) is 0 Å². The van der Waals surface area contributed by atoms with E-state index in [9.17, 15) is 17.2 Å². The summed E-state index contributed by atoms with van der Waals surface area (Å²) in [6.45, 7) is 0.708. The number of benzene rings is 3. The molecule has 154 valence electrons. The van der Waals surface area contributed by atoms with Crippen LogP contribution in [0.3, 0.4) is 0 Å². The molecule has 6 heteroatoms. The highest BCUT2D eigenvalue weighted by atomic mass is 32.2. The van der Waals surface area contributed by atoms with E-state index in [-0.39, 0.29) is 16.5 Å². The van der Waals surface area contributed by atoms with E-state index in [2.05, 4.69) is 4.90 Å². The van der Waals surface area contributed by atoms with E-state index in [1.54, 1.807) is 0 Å². The van der Waals surface area contributed by atoms with Crippen LogP contribution in [0.4, 0.5) is 8.78 Å². The summed E-state index contributed by atoms with van der Waals surface area (Å²) >= 11 is 0. The fourth-order valence-electron chi connectivity index (χ4n) is 3.98. The Bertz CT molecular complexity index is 1140. The van der Waals surface area contributed by atoms with E-state index in [1.165, 1.54) is 0 Å². The lowest BCUT2D eigenvalue weighted by molar-refractivity contribution is 0.203. The van der Waals surface area contributed by atoms with Gasteiger partial charge in [0.2, 0.25) is 0 Å². The van der Waals surface area contributed by atoms with Crippen molar-refractivity contribution in [3.05, 3.63) is 113 Å². The maximum absolute atomic E-state index is 14.4. The number of sulfone groups is 1. The molecule has 30 heavy (non-hydrogen) atoms. The monoisotopic (exact) mass is 425 g/mol. The fourth-order valence-corrected chi connectivity index (χ4v) is 5.19. The molecule has 0 saturated carbocycles. The molecular weight excluding hydrogens is 404 g/mol. The van der Waals surface area contributed by atoms with Gasteiger partial charge in [-0.1, -0.05) is 60.7 Å². The first-order valence-electron chi connectivity index (χ1n) is 9.56. The SMILES string of the molecule is CS(=O)(=O)C(=C1CN(C(c2ccccc2)c2ccccc2)C1)c1cc(F)ccc1F. The van der Waals surface area contributed by atoms with Gasteiger partial charge in [-0.25, -0.2) is 17.2 Å². The number of hydrogen-bond acceptors (Lipinski definition) is 3. The van der Waals surface area contributed by atoms with Crippen LogP contribution in [-0.4, -0.2) is 32.7 Å². The summed E-state index contributed by atoms with van der Waals surface area (Å²) in [5, 5.41) is 0. The summed E-state index contributed by atoms with van der Waals surface area (Å²) in [7, 11) is -3.75. The maximum Gasteiger partial charge on any atom is 0.176 e. The summed E-state index contributed by atoms with van der Waals surface area (Å²) in [5.41, 5.74) is 2.54. The van der Waals surface area contributed by atoms with Crippen LogP contribution in [0.5, 0.6) is 0 Å². The van der Waals surface area contributed by atoms with Crippen LogP contribution < -0.4 is 0 Å². The number of nitrogens with zero attached hydrogens (tertiary/aromatic N) is 1. The molecule has 3 aromatic rings. The molecule has 0 unspecified atom stereocenters. The van der Waals surface area contributed by atoms with E-state index in [0.29, 0.717) is 18.7 Å². The molecular formula is C24H21F2NO2S. The minimum absolute atomic E-state index is 0.0608. The highest BCUT2D eigenvalue weighted by Crippen LogP contribution is 2.38. The number of hydrogen-bond donors (Lipinski definition) is 0. The Morgan fingerprint density at radius 2 is 1.40 bits per heavy atom. The summed E-state index contributed by atoms with van der Waals surface area (Å²) < 4.78 is 53.1. The van der Waals surface area contributed by atoms with E-state index in [4.69, 9.17) is 0 Å². The predicted molar refractivity (Wildman–Crippen MR) is 114 cm³/mol. The van der Waals surface area contributed by atoms with E-state index < -0.39 is 21.5 Å². The highest BCUT2D eigenvalue weighted by Gasteiger charge is 2.35. The van der Waals surface area contributed by atoms with Crippen LogP contribution in [0.1, 0.15) is 22.7 Å². The standard InChI is InChI=1S/C24H21F2NO2S/c1-30(28,29)24(21-14-20(25)12-13-22(21)26)19-15-27(16-19)23(17-8-4-2-5-9-17)18-10-6-3-7-11-18/h2-14,23H,15-16H2,1H3. The van der Waals surface area contributed by atoms with E-state index in [1.807, 2.05) is 60.7 Å². The molecule has 0 atom stereocenters. The van der Waals surface area contributed by atoms with Crippen molar-refractivity contribution in [2.24, 2.45) is 0 Å². The smallest absolute Gasteiger partial charge is 0.176 e. The first kappa shape index (κ1) is 20.4. The van der Waals surface area contributed by atoms with Gasteiger partial charge in [0.25, 0.3) is 0 Å². The zero-order valence-electron chi connectivity index (χ0n) is 16.4. The second-order valence-electron chi connectivity index (χ2n) is 7.46. The average molecular weight is 426 g/mol. The Kier molecular flexibility index (Phi) is 5.54. The number of likely N-dealkylation sites (tertiary alicyclic amines) is 1. The molecule has 0 radical (unpaired) electrons. The number of rotatable bonds is 5. The van der Waals surface area contributed by atoms with Crippen LogP contribution in [0.25, 0.3) is 4.91 Å². The molecule has 0 bridgehead atoms. The second kappa shape index (κ2) is 8.13. The summed E-state index contributed by atoms with van der Waals surface area (Å²) in [4.78, 5) is 2.01. The van der Waals surface area contributed by atoms with E-state index >= 15 is 0 Å². The Labute approximate surface area is 175 Å². The zero-order chi connectivity index (χ0) is 21.3. The lowest BCUT2D eigenvalue weighted by Gasteiger charge is -2.42. The predicted octanol–water partition coefficient (Wildman–Crippen LogP) is 4.83. The van der Waals surface area contributed by atoms with E-state index in [0.717, 1.165) is 35.6 Å². The van der Waals surface area contributed by atoms with Crippen molar-refractivity contribution >= 4 is 14.7 Å². The first-order valence-corrected chi connectivity index (χ1v) is 11.4. The summed E-state index contributed by atoms with van der Waals surface area (Å²) in [6, 6.07) is 22.7. The number of halogens is 2. The summed E-state index contributed by atoms with van der Waals surface area (Å²) in [5.74, 6) is -1.42. The third-order valence-electron chi connectivity index (χ3n) is 5.25. The third kappa shape index (κ3) is 4.06. The molecule has 0 aliphatic carbocycles. The van der Waals surface area contributed by atoms with Crippen molar-refractivity contribution in [1.82, 2.24) is 4.90 Å². The molecule has 0 amide bonds. The van der Waals surface area contributed by atoms with Gasteiger partial charge in [-0.05, 0) is 34.9 Å². The van der Waals surface area contributed by atoms with Gasteiger partial charge in [0, 0.05) is 24.9 Å². The molecule has 0 N–H and O–H groups in total. The van der Waals surface area contributed by atoms with Crippen molar-refractivity contribution in [2.45, 2.75) is 6.04 Å². The molecule has 3 nitrogen and oxygen atoms in total. The molecule has 4 rings (SSSR count). The quantitative estimate of drug-likeness (QED) is 0.588. The van der Waals surface area contributed by atoms with Crippen LogP contribution >= 0.6 is 0 Å². The second-order valence-corrected chi connectivity index (χ2v) is 9.41. The Morgan fingerprint density at radius 1 is 0.867 bits per heavy atom. The van der Waals surface area contributed by atoms with Gasteiger partial charge in [-0.3, -0.25) is 4.90 Å². The minimum atomic E-state index is -3.75. The van der Waals surface area contributed by atoms with Crippen molar-refractivity contribution in [3.63, 3.8) is 0 Å². The Balaban J connectivity index is 1.74. The van der Waals surface area contributed by atoms with Crippen molar-refractivity contribution in [2.75, 3.05) is 19.3 Å². The highest BCUT2D eigenvalue weighted by molar-refractivity contribution is 8.00. The maximum atomic E-state index is 14.4. The van der Waals surface area contributed by atoms with Crippen LogP contribution in [0, 0.1) is 11.6 Å². The van der Waals surface area contributed by atoms with Crippen molar-refractivity contribution < 1.29 is 17.2 Å². The molecule has 3 aromatic carbocycles. The molecule has 1 fully saturated rings. The van der Waals surface area contributed by atoms with Gasteiger partial charge in [0.15, 0.2) is 9.84 Å². The molecule has 1 aliphatic heterocycles. The molecule has 1 heterocycles. The zero-order valence-corrected chi connectivity index (χ0v) is 17.2. The van der Waals surface area contributed by atoms with Gasteiger partial charge in [0.1, 0.15) is 11.6 Å². The molecule has 0 aromatic heterocycles. The van der Waals surface area contributed by atoms with Gasteiger partial charge >= 0.3 is 0 Å². The van der Waals surface area contributed by atoms with Gasteiger partial charge < -0.3 is 0 Å². The Hall–Kier alpha value is -2.83. The minimum Gasteiger partial charge on any atom is -0.284 e. The topological polar surface area (TPSA) is 37.4 Å². The molecule has 1 aliphatic rings. The largest absolute Gasteiger partial charge is 0.284 e. The Morgan fingerprint density at radius 3 is 1.90 bits per heavy atom. The normalized spacial score (nSPS) is 14.6. The average Bonchev–Trinajstić information content (AvgIpc) is 2.69. The van der Waals surface area contributed by atoms with Crippen LogP contribution in [-0.2, 0) is 9.84 Å². The van der Waals surface area contributed by atoms with Gasteiger partial charge in [0.05, 0.1) is 10.9 Å². The fraction of sp³-hybridized carbons (Fsp3) is 0.167. The summed E-state index contributed by atoms with van der Waals surface area (Å²) in [6.07, 6.45) is 1.04. The lowest BCUT2D eigenvalue weighted by atomic mass is 9.92. The van der Waals surface area contributed by atoms with Crippen LogP contribution in [0.15, 0.2) is 84.4 Å². The first-order chi connectivity index (χ1) is 14.3. The third-order valence-corrected chi connectivity index (χ3v) is 6.50. The molecule has 1 saturated heterocycles. The van der Waals surface area contributed by atoms with Gasteiger partial charge in [-0.2, -0.15) is 0 Å². The molecule has 0 spiro atoms. The lowest BCUT2D eigenvalue weighted by Crippen LogP contribution is -2.44. The van der Waals surface area contributed by atoms with Crippen molar-refractivity contribution in [1.29, 1.82) is 0 Å². The van der Waals surface area contributed by atoms with Crippen molar-refractivity contribution in [3.8, 4) is 0 Å². The van der Waals surface area contributed by atoms with Gasteiger partial charge in [-0.15, -0.1) is 0 Å².